The Labute approximate surface area is 227 Å². The second kappa shape index (κ2) is 11.6. The van der Waals surface area contributed by atoms with E-state index in [0.717, 1.165) is 26.6 Å². The van der Waals surface area contributed by atoms with Crippen molar-refractivity contribution in [2.75, 3.05) is 10.6 Å². The molecule has 0 aliphatic rings. The largest absolute Gasteiger partial charge is 0.322 e. The van der Waals surface area contributed by atoms with E-state index < -0.39 is 5.25 Å². The van der Waals surface area contributed by atoms with Crippen molar-refractivity contribution < 1.29 is 9.59 Å². The normalized spacial score (nSPS) is 11.6. The predicted octanol–water partition coefficient (Wildman–Crippen LogP) is 7.90. The van der Waals surface area contributed by atoms with Gasteiger partial charge in [-0.2, -0.15) is 0 Å². The van der Waals surface area contributed by atoms with E-state index in [2.05, 4.69) is 15.6 Å². The number of nitrogens with zero attached hydrogens (tertiary/aromatic N) is 1. The van der Waals surface area contributed by atoms with Crippen LogP contribution >= 0.6 is 34.4 Å². The zero-order valence-electron chi connectivity index (χ0n) is 19.9. The van der Waals surface area contributed by atoms with Crippen LogP contribution in [0.1, 0.15) is 26.7 Å². The number of carbonyl (C=O) groups excluding carboxylic acids is 2. The first kappa shape index (κ1) is 25.0. The van der Waals surface area contributed by atoms with Gasteiger partial charge in [-0.25, -0.2) is 4.98 Å². The highest BCUT2D eigenvalue weighted by Crippen LogP contribution is 2.38. The molecule has 5 nitrogen and oxygen atoms in total. The lowest BCUT2D eigenvalue weighted by Gasteiger charge is -2.17. The molecule has 3 aromatic carbocycles. The van der Waals surface area contributed by atoms with E-state index in [4.69, 9.17) is 0 Å². The lowest BCUT2D eigenvalue weighted by Crippen LogP contribution is -2.19. The highest BCUT2D eigenvalue weighted by molar-refractivity contribution is 8.00. The minimum Gasteiger partial charge on any atom is -0.322 e. The number of carbonyl (C=O) groups is 2. The van der Waals surface area contributed by atoms with E-state index in [1.807, 2.05) is 103 Å². The minimum atomic E-state index is -0.502. The van der Waals surface area contributed by atoms with E-state index >= 15 is 0 Å². The number of hydrogen-bond donors (Lipinski definition) is 2. The Morgan fingerprint density at radius 1 is 0.865 bits per heavy atom. The summed E-state index contributed by atoms with van der Waals surface area (Å²) >= 11 is 4.45. The van der Waals surface area contributed by atoms with E-state index in [9.17, 15) is 9.59 Å². The second-order valence-electron chi connectivity index (χ2n) is 8.26. The molecule has 8 heteroatoms. The fourth-order valence-electron chi connectivity index (χ4n) is 3.71. The molecule has 5 rings (SSSR count). The molecule has 2 heterocycles. The van der Waals surface area contributed by atoms with Crippen molar-refractivity contribution in [3.8, 4) is 10.6 Å². The first-order chi connectivity index (χ1) is 18.0. The first-order valence-electron chi connectivity index (χ1n) is 11.5. The third-order valence-corrected chi connectivity index (χ3v) is 8.37. The highest BCUT2D eigenvalue weighted by Gasteiger charge is 2.23. The summed E-state index contributed by atoms with van der Waals surface area (Å²) in [5, 5.41) is 9.98. The van der Waals surface area contributed by atoms with Gasteiger partial charge in [-0.1, -0.05) is 60.2 Å². The van der Waals surface area contributed by atoms with Crippen LogP contribution in [0.3, 0.4) is 0 Å². The topological polar surface area (TPSA) is 71.1 Å². The SMILES string of the molecule is Cc1cccc(C(=O)Nc2cccc(SC(C(=O)Nc3nc(-c4cccs4)cs3)c3ccccc3)c2)c1. The van der Waals surface area contributed by atoms with Crippen LogP contribution in [0.2, 0.25) is 0 Å². The molecule has 5 aromatic rings. The number of amides is 2. The van der Waals surface area contributed by atoms with Crippen LogP contribution in [-0.4, -0.2) is 16.8 Å². The number of thiazole rings is 1. The van der Waals surface area contributed by atoms with Gasteiger partial charge in [-0.15, -0.1) is 34.4 Å². The molecule has 0 saturated heterocycles. The van der Waals surface area contributed by atoms with Crippen LogP contribution in [0.5, 0.6) is 0 Å². The maximum Gasteiger partial charge on any atom is 0.255 e. The van der Waals surface area contributed by atoms with Crippen molar-refractivity contribution in [2.45, 2.75) is 17.1 Å². The number of thiophene rings is 1. The van der Waals surface area contributed by atoms with Crippen LogP contribution in [0, 0.1) is 6.92 Å². The number of aromatic nitrogens is 1. The molecular weight excluding hydrogens is 519 g/mol. The average molecular weight is 542 g/mol. The Morgan fingerprint density at radius 2 is 1.70 bits per heavy atom. The van der Waals surface area contributed by atoms with Crippen LogP contribution in [-0.2, 0) is 4.79 Å². The summed E-state index contributed by atoms with van der Waals surface area (Å²) in [6.07, 6.45) is 0. The van der Waals surface area contributed by atoms with Gasteiger partial charge in [0.1, 0.15) is 5.25 Å². The van der Waals surface area contributed by atoms with Gasteiger partial charge in [0.2, 0.25) is 5.91 Å². The third kappa shape index (κ3) is 6.35. The van der Waals surface area contributed by atoms with Crippen molar-refractivity contribution in [1.82, 2.24) is 4.98 Å². The van der Waals surface area contributed by atoms with Gasteiger partial charge in [-0.05, 0) is 54.3 Å². The Kier molecular flexibility index (Phi) is 7.79. The summed E-state index contributed by atoms with van der Waals surface area (Å²) in [5.74, 6) is -0.328. The second-order valence-corrected chi connectivity index (χ2v) is 11.2. The lowest BCUT2D eigenvalue weighted by molar-refractivity contribution is -0.115. The van der Waals surface area contributed by atoms with Gasteiger partial charge >= 0.3 is 0 Å². The summed E-state index contributed by atoms with van der Waals surface area (Å²) in [6, 6.07) is 28.7. The van der Waals surface area contributed by atoms with E-state index in [0.29, 0.717) is 16.4 Å². The molecule has 0 radical (unpaired) electrons. The molecule has 1 atom stereocenters. The van der Waals surface area contributed by atoms with Gasteiger partial charge in [0.15, 0.2) is 5.13 Å². The molecule has 0 aliphatic carbocycles. The Bertz CT molecular complexity index is 1510. The third-order valence-electron chi connectivity index (χ3n) is 5.47. The molecule has 2 amide bonds. The van der Waals surface area contributed by atoms with Crippen molar-refractivity contribution in [3.05, 3.63) is 118 Å². The number of benzene rings is 3. The Hall–Kier alpha value is -3.72. The smallest absolute Gasteiger partial charge is 0.255 e. The van der Waals surface area contributed by atoms with Crippen molar-refractivity contribution in [1.29, 1.82) is 0 Å². The van der Waals surface area contributed by atoms with Gasteiger partial charge in [0.25, 0.3) is 5.91 Å². The van der Waals surface area contributed by atoms with Crippen LogP contribution in [0.4, 0.5) is 10.8 Å². The summed E-state index contributed by atoms with van der Waals surface area (Å²) < 4.78 is 0. The zero-order valence-corrected chi connectivity index (χ0v) is 22.3. The maximum absolute atomic E-state index is 13.5. The molecular formula is C29H23N3O2S3. The number of nitrogens with one attached hydrogen (secondary N) is 2. The average Bonchev–Trinajstić information content (AvgIpc) is 3.60. The monoisotopic (exact) mass is 541 g/mol. The summed E-state index contributed by atoms with van der Waals surface area (Å²) in [4.78, 5) is 32.7. The van der Waals surface area contributed by atoms with Gasteiger partial charge in [-0.3, -0.25) is 9.59 Å². The first-order valence-corrected chi connectivity index (χ1v) is 14.2. The number of aryl methyl sites for hydroxylation is 1. The van der Waals surface area contributed by atoms with Crippen molar-refractivity contribution in [2.24, 2.45) is 0 Å². The Balaban J connectivity index is 1.34. The predicted molar refractivity (Wildman–Crippen MR) is 155 cm³/mol. The highest BCUT2D eigenvalue weighted by atomic mass is 32.2. The molecule has 0 spiro atoms. The summed E-state index contributed by atoms with van der Waals surface area (Å²) in [5.41, 5.74) is 4.04. The minimum absolute atomic E-state index is 0.155. The van der Waals surface area contributed by atoms with Crippen LogP contribution in [0.25, 0.3) is 10.6 Å². The molecule has 0 aliphatic heterocycles. The fourth-order valence-corrected chi connectivity index (χ4v) is 6.27. The number of rotatable bonds is 8. The standard InChI is InChI=1S/C29H23N3O2S3/c1-19-8-5-11-21(16-19)27(33)30-22-12-6-13-23(17-22)37-26(20-9-3-2-4-10-20)28(34)32-29-31-24(18-36-29)25-14-7-15-35-25/h2-18,26H,1H3,(H,30,33)(H,31,32,34). The van der Waals surface area contributed by atoms with E-state index in [1.54, 1.807) is 17.4 Å². The van der Waals surface area contributed by atoms with Crippen molar-refractivity contribution in [3.63, 3.8) is 0 Å². The fraction of sp³-hybridized carbons (Fsp3) is 0.0690. The van der Waals surface area contributed by atoms with Crippen LogP contribution in [0.15, 0.2) is 107 Å². The summed E-state index contributed by atoms with van der Waals surface area (Å²) in [7, 11) is 0. The number of anilines is 2. The molecule has 0 bridgehead atoms. The molecule has 0 fully saturated rings. The van der Waals surface area contributed by atoms with E-state index in [1.165, 1.54) is 23.1 Å². The molecule has 2 aromatic heterocycles. The van der Waals surface area contributed by atoms with Gasteiger partial charge < -0.3 is 10.6 Å². The molecule has 0 saturated carbocycles. The zero-order chi connectivity index (χ0) is 25.6. The van der Waals surface area contributed by atoms with Crippen LogP contribution < -0.4 is 10.6 Å². The number of thioether (sulfide) groups is 1. The maximum atomic E-state index is 13.5. The summed E-state index contributed by atoms with van der Waals surface area (Å²) in [6.45, 7) is 1.96. The molecule has 1 unspecified atom stereocenters. The molecule has 37 heavy (non-hydrogen) atoms. The van der Waals surface area contributed by atoms with Gasteiger partial charge in [0.05, 0.1) is 10.6 Å². The van der Waals surface area contributed by atoms with E-state index in [-0.39, 0.29) is 11.8 Å². The van der Waals surface area contributed by atoms with Crippen molar-refractivity contribution >= 4 is 57.1 Å². The molecule has 2 N–H and O–H groups in total. The molecule has 184 valence electrons. The number of hydrogen-bond acceptors (Lipinski definition) is 6. The lowest BCUT2D eigenvalue weighted by atomic mass is 10.1. The Morgan fingerprint density at radius 3 is 2.49 bits per heavy atom. The quantitative estimate of drug-likeness (QED) is 0.196. The van der Waals surface area contributed by atoms with Gasteiger partial charge in [0, 0.05) is 21.5 Å².